The maximum absolute atomic E-state index is 3.39. The van der Waals surface area contributed by atoms with Crippen molar-refractivity contribution in [3.05, 3.63) is 55.3 Å². The first-order chi connectivity index (χ1) is 7.74. The lowest BCUT2D eigenvalue weighted by Gasteiger charge is -2.18. The summed E-state index contributed by atoms with van der Waals surface area (Å²) in [6.07, 6.45) is 0. The van der Waals surface area contributed by atoms with Crippen molar-refractivity contribution in [2.45, 2.75) is 13.0 Å². The van der Waals surface area contributed by atoms with E-state index in [0.29, 0.717) is 6.04 Å². The molecule has 0 bridgehead atoms. The lowest BCUT2D eigenvalue weighted by atomic mass is 10.00. The summed E-state index contributed by atoms with van der Waals surface area (Å²) in [7, 11) is 2.01. The Morgan fingerprint density at radius 3 is 2.75 bits per heavy atom. The molecule has 1 unspecified atom stereocenters. The molecule has 0 aliphatic carbocycles. The first kappa shape index (κ1) is 12.1. The predicted octanol–water partition coefficient (Wildman–Crippen LogP) is 3.97. The summed E-state index contributed by atoms with van der Waals surface area (Å²) < 4.78 is 1.35. The van der Waals surface area contributed by atoms with Crippen LogP contribution in [0.3, 0.4) is 0 Å². The zero-order valence-electron chi connectivity index (χ0n) is 9.33. The Morgan fingerprint density at radius 2 is 2.12 bits per heavy atom. The van der Waals surface area contributed by atoms with E-state index in [9.17, 15) is 0 Å². The fourth-order valence-electron chi connectivity index (χ4n) is 1.83. The second-order valence-electron chi connectivity index (χ2n) is 3.76. The fraction of sp³-hybridized carbons (Fsp3) is 0.231. The average molecular weight is 343 g/mol. The van der Waals surface area contributed by atoms with Crippen molar-refractivity contribution in [1.82, 2.24) is 5.32 Å². The zero-order valence-corrected chi connectivity index (χ0v) is 12.3. The van der Waals surface area contributed by atoms with E-state index in [4.69, 9.17) is 0 Å². The predicted molar refractivity (Wildman–Crippen MR) is 79.1 cm³/mol. The summed E-state index contributed by atoms with van der Waals surface area (Å²) in [6.45, 7) is 2.16. The van der Waals surface area contributed by atoms with Crippen molar-refractivity contribution in [1.29, 1.82) is 0 Å². The SMILES string of the molecule is CNC(c1ccsc1)c1cccc(C)c1I. The third-order valence-corrected chi connectivity index (χ3v) is 4.87. The van der Waals surface area contributed by atoms with Gasteiger partial charge in [-0.2, -0.15) is 11.3 Å². The van der Waals surface area contributed by atoms with Gasteiger partial charge in [0.1, 0.15) is 0 Å². The van der Waals surface area contributed by atoms with E-state index >= 15 is 0 Å². The maximum Gasteiger partial charge on any atom is 0.0593 e. The van der Waals surface area contributed by atoms with Crippen LogP contribution in [0.4, 0.5) is 0 Å². The van der Waals surface area contributed by atoms with E-state index in [-0.39, 0.29) is 0 Å². The van der Waals surface area contributed by atoms with E-state index in [1.165, 1.54) is 20.3 Å². The van der Waals surface area contributed by atoms with Crippen molar-refractivity contribution in [2.75, 3.05) is 7.05 Å². The van der Waals surface area contributed by atoms with Gasteiger partial charge in [0, 0.05) is 3.57 Å². The quantitative estimate of drug-likeness (QED) is 0.832. The number of hydrogen-bond donors (Lipinski definition) is 1. The molecule has 1 nitrogen and oxygen atoms in total. The van der Waals surface area contributed by atoms with Crippen LogP contribution in [0.2, 0.25) is 0 Å². The molecule has 0 amide bonds. The first-order valence-corrected chi connectivity index (χ1v) is 7.20. The van der Waals surface area contributed by atoms with Crippen LogP contribution < -0.4 is 5.32 Å². The Hall–Kier alpha value is -0.390. The van der Waals surface area contributed by atoms with Crippen LogP contribution in [-0.2, 0) is 0 Å². The monoisotopic (exact) mass is 343 g/mol. The average Bonchev–Trinajstić information content (AvgIpc) is 2.79. The molecular formula is C13H14INS. The standard InChI is InChI=1S/C13H14INS/c1-9-4-3-5-11(12(9)14)13(15-2)10-6-7-16-8-10/h3-8,13,15H,1-2H3. The topological polar surface area (TPSA) is 12.0 Å². The zero-order chi connectivity index (χ0) is 11.5. The molecule has 0 saturated heterocycles. The molecule has 1 atom stereocenters. The Morgan fingerprint density at radius 1 is 1.31 bits per heavy atom. The Bertz CT molecular complexity index is 465. The number of aryl methyl sites for hydroxylation is 1. The van der Waals surface area contributed by atoms with E-state index in [2.05, 4.69) is 69.9 Å². The minimum absolute atomic E-state index is 0.304. The molecule has 3 heteroatoms. The van der Waals surface area contributed by atoms with Crippen LogP contribution in [-0.4, -0.2) is 7.05 Å². The minimum Gasteiger partial charge on any atom is -0.309 e. The molecule has 0 spiro atoms. The van der Waals surface area contributed by atoms with Gasteiger partial charge in [0.05, 0.1) is 6.04 Å². The van der Waals surface area contributed by atoms with Crippen molar-refractivity contribution in [3.8, 4) is 0 Å². The summed E-state index contributed by atoms with van der Waals surface area (Å²) in [4.78, 5) is 0. The second kappa shape index (κ2) is 5.29. The molecule has 0 aliphatic rings. The van der Waals surface area contributed by atoms with Gasteiger partial charge in [0.25, 0.3) is 0 Å². The number of benzene rings is 1. The molecule has 1 heterocycles. The van der Waals surface area contributed by atoms with Gasteiger partial charge < -0.3 is 5.32 Å². The van der Waals surface area contributed by atoms with Crippen molar-refractivity contribution < 1.29 is 0 Å². The number of hydrogen-bond acceptors (Lipinski definition) is 2. The van der Waals surface area contributed by atoms with E-state index in [1.54, 1.807) is 11.3 Å². The highest BCUT2D eigenvalue weighted by Crippen LogP contribution is 2.28. The molecule has 84 valence electrons. The summed E-state index contributed by atoms with van der Waals surface area (Å²) in [5, 5.41) is 7.73. The second-order valence-corrected chi connectivity index (χ2v) is 5.62. The van der Waals surface area contributed by atoms with Gasteiger partial charge in [-0.1, -0.05) is 18.2 Å². The molecule has 0 radical (unpaired) electrons. The summed E-state index contributed by atoms with van der Waals surface area (Å²) >= 11 is 4.18. The van der Waals surface area contributed by atoms with Crippen molar-refractivity contribution in [2.24, 2.45) is 0 Å². The largest absolute Gasteiger partial charge is 0.309 e. The van der Waals surface area contributed by atoms with Crippen LogP contribution in [0, 0.1) is 10.5 Å². The molecule has 1 aromatic heterocycles. The molecule has 1 N–H and O–H groups in total. The van der Waals surface area contributed by atoms with Gasteiger partial charge in [0.15, 0.2) is 0 Å². The molecular weight excluding hydrogens is 329 g/mol. The third-order valence-electron chi connectivity index (χ3n) is 2.70. The van der Waals surface area contributed by atoms with Gasteiger partial charge in [-0.15, -0.1) is 0 Å². The Balaban J connectivity index is 2.45. The molecule has 16 heavy (non-hydrogen) atoms. The molecule has 1 aromatic carbocycles. The van der Waals surface area contributed by atoms with Gasteiger partial charge >= 0.3 is 0 Å². The normalized spacial score (nSPS) is 12.7. The van der Waals surface area contributed by atoms with E-state index < -0.39 is 0 Å². The lowest BCUT2D eigenvalue weighted by molar-refractivity contribution is 0.690. The molecule has 2 rings (SSSR count). The number of halogens is 1. The number of rotatable bonds is 3. The first-order valence-electron chi connectivity index (χ1n) is 5.18. The van der Waals surface area contributed by atoms with Crippen LogP contribution in [0.1, 0.15) is 22.7 Å². The smallest absolute Gasteiger partial charge is 0.0593 e. The number of nitrogens with one attached hydrogen (secondary N) is 1. The lowest BCUT2D eigenvalue weighted by Crippen LogP contribution is -2.18. The Labute approximate surface area is 114 Å². The van der Waals surface area contributed by atoms with Crippen molar-refractivity contribution >= 4 is 33.9 Å². The van der Waals surface area contributed by atoms with Gasteiger partial charge in [-0.05, 0) is 70.1 Å². The summed E-state index contributed by atoms with van der Waals surface area (Å²) in [6, 6.07) is 8.98. The molecule has 0 saturated carbocycles. The van der Waals surface area contributed by atoms with Crippen LogP contribution >= 0.6 is 33.9 Å². The molecule has 2 aromatic rings. The summed E-state index contributed by atoms with van der Waals surface area (Å²) in [5.74, 6) is 0. The van der Waals surface area contributed by atoms with Gasteiger partial charge in [0.2, 0.25) is 0 Å². The highest BCUT2D eigenvalue weighted by Gasteiger charge is 2.15. The van der Waals surface area contributed by atoms with Gasteiger partial charge in [-0.25, -0.2) is 0 Å². The highest BCUT2D eigenvalue weighted by molar-refractivity contribution is 14.1. The number of thiophene rings is 1. The maximum atomic E-state index is 3.39. The third kappa shape index (κ3) is 2.31. The molecule has 0 fully saturated rings. The fourth-order valence-corrected chi connectivity index (χ4v) is 3.19. The van der Waals surface area contributed by atoms with Crippen LogP contribution in [0.5, 0.6) is 0 Å². The van der Waals surface area contributed by atoms with Crippen LogP contribution in [0.25, 0.3) is 0 Å². The van der Waals surface area contributed by atoms with E-state index in [0.717, 1.165) is 0 Å². The van der Waals surface area contributed by atoms with Gasteiger partial charge in [-0.3, -0.25) is 0 Å². The molecule has 0 aliphatic heterocycles. The summed E-state index contributed by atoms with van der Waals surface area (Å²) in [5.41, 5.74) is 4.05. The van der Waals surface area contributed by atoms with Crippen molar-refractivity contribution in [3.63, 3.8) is 0 Å². The Kier molecular flexibility index (Phi) is 4.00. The minimum atomic E-state index is 0.304. The highest BCUT2D eigenvalue weighted by atomic mass is 127. The van der Waals surface area contributed by atoms with Crippen LogP contribution in [0.15, 0.2) is 35.0 Å². The van der Waals surface area contributed by atoms with E-state index in [1.807, 2.05) is 7.05 Å².